The zero-order chi connectivity index (χ0) is 14.1. The molecule has 3 nitrogen and oxygen atoms in total. The molecule has 1 saturated carbocycles. The molecule has 20 heavy (non-hydrogen) atoms. The van der Waals surface area contributed by atoms with E-state index in [0.29, 0.717) is 5.92 Å². The molecule has 1 fully saturated rings. The van der Waals surface area contributed by atoms with Gasteiger partial charge in [0.1, 0.15) is 5.01 Å². The van der Waals surface area contributed by atoms with Gasteiger partial charge >= 0.3 is 5.97 Å². The number of carbonyl (C=O) groups is 1. The summed E-state index contributed by atoms with van der Waals surface area (Å²) >= 11 is 1.53. The molecular weight excluding hydrogens is 270 g/mol. The Labute approximate surface area is 122 Å². The second-order valence-corrected chi connectivity index (χ2v) is 6.31. The van der Waals surface area contributed by atoms with Crippen molar-refractivity contribution >= 4 is 17.3 Å². The quantitative estimate of drug-likeness (QED) is 0.908. The SMILES string of the molecule is CCc1ccc(-c2nc(C3CC3)c(CC(=O)O)s2)cc1. The van der Waals surface area contributed by atoms with Gasteiger partial charge in [0.2, 0.25) is 0 Å². The van der Waals surface area contributed by atoms with Crippen LogP contribution in [0.3, 0.4) is 0 Å². The molecule has 0 amide bonds. The molecule has 0 radical (unpaired) electrons. The zero-order valence-corrected chi connectivity index (χ0v) is 12.2. The predicted octanol–water partition coefficient (Wildman–Crippen LogP) is 3.88. The van der Waals surface area contributed by atoms with Crippen molar-refractivity contribution in [1.82, 2.24) is 4.98 Å². The Kier molecular flexibility index (Phi) is 3.57. The van der Waals surface area contributed by atoms with E-state index in [0.717, 1.165) is 40.4 Å². The normalized spacial score (nSPS) is 14.4. The van der Waals surface area contributed by atoms with Gasteiger partial charge in [-0.2, -0.15) is 0 Å². The highest BCUT2D eigenvalue weighted by molar-refractivity contribution is 7.15. The molecule has 0 bridgehead atoms. The van der Waals surface area contributed by atoms with Gasteiger partial charge in [0.25, 0.3) is 0 Å². The number of hydrogen-bond donors (Lipinski definition) is 1. The van der Waals surface area contributed by atoms with Gasteiger partial charge in [0.05, 0.1) is 12.1 Å². The summed E-state index contributed by atoms with van der Waals surface area (Å²) < 4.78 is 0. The summed E-state index contributed by atoms with van der Waals surface area (Å²) in [6.07, 6.45) is 3.40. The van der Waals surface area contributed by atoms with Gasteiger partial charge in [-0.25, -0.2) is 4.98 Å². The van der Waals surface area contributed by atoms with Gasteiger partial charge in [0, 0.05) is 16.4 Å². The summed E-state index contributed by atoms with van der Waals surface area (Å²) in [7, 11) is 0. The first-order valence-corrected chi connectivity index (χ1v) is 7.79. The van der Waals surface area contributed by atoms with E-state index in [-0.39, 0.29) is 6.42 Å². The summed E-state index contributed by atoms with van der Waals surface area (Å²) in [6.45, 7) is 2.13. The van der Waals surface area contributed by atoms with Crippen LogP contribution in [-0.4, -0.2) is 16.1 Å². The molecule has 1 N–H and O–H groups in total. The minimum atomic E-state index is -0.775. The maximum Gasteiger partial charge on any atom is 0.308 e. The van der Waals surface area contributed by atoms with Gasteiger partial charge in [-0.1, -0.05) is 31.2 Å². The van der Waals surface area contributed by atoms with Crippen LogP contribution in [-0.2, 0) is 17.6 Å². The largest absolute Gasteiger partial charge is 0.481 e. The van der Waals surface area contributed by atoms with Crippen LogP contribution < -0.4 is 0 Å². The van der Waals surface area contributed by atoms with E-state index in [1.54, 1.807) is 0 Å². The van der Waals surface area contributed by atoms with Gasteiger partial charge < -0.3 is 5.11 Å². The minimum Gasteiger partial charge on any atom is -0.481 e. The van der Waals surface area contributed by atoms with Crippen LogP contribution in [0.25, 0.3) is 10.6 Å². The van der Waals surface area contributed by atoms with E-state index >= 15 is 0 Å². The topological polar surface area (TPSA) is 50.2 Å². The third kappa shape index (κ3) is 2.75. The number of aliphatic carboxylic acids is 1. The third-order valence-electron chi connectivity index (χ3n) is 3.61. The average molecular weight is 287 g/mol. The molecule has 4 heteroatoms. The molecule has 2 aromatic rings. The van der Waals surface area contributed by atoms with Crippen molar-refractivity contribution in [2.75, 3.05) is 0 Å². The van der Waals surface area contributed by atoms with Gasteiger partial charge in [-0.15, -0.1) is 11.3 Å². The lowest BCUT2D eigenvalue weighted by Crippen LogP contribution is -2.00. The van der Waals surface area contributed by atoms with Crippen molar-refractivity contribution in [3.8, 4) is 10.6 Å². The second-order valence-electron chi connectivity index (χ2n) is 5.22. The molecule has 0 spiro atoms. The third-order valence-corrected chi connectivity index (χ3v) is 4.73. The lowest BCUT2D eigenvalue weighted by molar-refractivity contribution is -0.136. The second kappa shape index (κ2) is 5.37. The fraction of sp³-hybridized carbons (Fsp3) is 0.375. The Morgan fingerprint density at radius 2 is 2.05 bits per heavy atom. The zero-order valence-electron chi connectivity index (χ0n) is 11.4. The molecule has 1 heterocycles. The standard InChI is InChI=1S/C16H17NO2S/c1-2-10-3-5-12(6-4-10)16-17-15(11-7-8-11)13(20-16)9-14(18)19/h3-6,11H,2,7-9H2,1H3,(H,18,19). The lowest BCUT2D eigenvalue weighted by Gasteiger charge is -1.98. The Morgan fingerprint density at radius 3 is 2.60 bits per heavy atom. The van der Waals surface area contributed by atoms with E-state index in [9.17, 15) is 4.79 Å². The van der Waals surface area contributed by atoms with E-state index in [4.69, 9.17) is 10.1 Å². The molecule has 104 valence electrons. The number of carboxylic acids is 1. The van der Waals surface area contributed by atoms with E-state index in [1.165, 1.54) is 16.9 Å². The molecular formula is C16H17NO2S. The maximum atomic E-state index is 11.0. The predicted molar refractivity (Wildman–Crippen MR) is 80.2 cm³/mol. The fourth-order valence-corrected chi connectivity index (χ4v) is 3.45. The molecule has 1 aliphatic carbocycles. The van der Waals surface area contributed by atoms with Crippen molar-refractivity contribution in [3.05, 3.63) is 40.4 Å². The van der Waals surface area contributed by atoms with Crippen LogP contribution in [0.2, 0.25) is 0 Å². The average Bonchev–Trinajstić information content (AvgIpc) is 3.20. The summed E-state index contributed by atoms with van der Waals surface area (Å²) in [4.78, 5) is 16.6. The molecule has 0 aliphatic heterocycles. The first-order chi connectivity index (χ1) is 9.67. The Morgan fingerprint density at radius 1 is 1.35 bits per heavy atom. The molecule has 0 saturated heterocycles. The van der Waals surface area contributed by atoms with E-state index in [2.05, 4.69) is 31.2 Å². The fourth-order valence-electron chi connectivity index (χ4n) is 2.31. The Balaban J connectivity index is 1.94. The number of aromatic nitrogens is 1. The number of hydrogen-bond acceptors (Lipinski definition) is 3. The number of rotatable bonds is 5. The van der Waals surface area contributed by atoms with Crippen LogP contribution in [0.15, 0.2) is 24.3 Å². The van der Waals surface area contributed by atoms with Crippen molar-refractivity contribution < 1.29 is 9.90 Å². The highest BCUT2D eigenvalue weighted by Gasteiger charge is 2.30. The van der Waals surface area contributed by atoms with Gasteiger partial charge in [-0.05, 0) is 24.8 Å². The lowest BCUT2D eigenvalue weighted by atomic mass is 10.1. The number of benzene rings is 1. The Bertz CT molecular complexity index is 626. The molecule has 1 aromatic carbocycles. The highest BCUT2D eigenvalue weighted by Crippen LogP contribution is 2.44. The number of thiazole rings is 1. The maximum absolute atomic E-state index is 11.0. The van der Waals surface area contributed by atoms with Crippen LogP contribution in [0.4, 0.5) is 0 Å². The summed E-state index contributed by atoms with van der Waals surface area (Å²) in [6, 6.07) is 8.40. The van der Waals surface area contributed by atoms with Crippen molar-refractivity contribution in [2.45, 2.75) is 38.5 Å². The number of nitrogens with zero attached hydrogens (tertiary/aromatic N) is 1. The van der Waals surface area contributed by atoms with E-state index < -0.39 is 5.97 Å². The van der Waals surface area contributed by atoms with Crippen LogP contribution in [0.5, 0.6) is 0 Å². The summed E-state index contributed by atoms with van der Waals surface area (Å²) in [5, 5.41) is 9.97. The molecule has 1 aliphatic rings. The monoisotopic (exact) mass is 287 g/mol. The summed E-state index contributed by atoms with van der Waals surface area (Å²) in [5.41, 5.74) is 3.41. The van der Waals surface area contributed by atoms with Crippen LogP contribution >= 0.6 is 11.3 Å². The highest BCUT2D eigenvalue weighted by atomic mass is 32.1. The molecule has 0 unspecified atom stereocenters. The summed E-state index contributed by atoms with van der Waals surface area (Å²) in [5.74, 6) is -0.285. The first-order valence-electron chi connectivity index (χ1n) is 6.98. The smallest absolute Gasteiger partial charge is 0.308 e. The van der Waals surface area contributed by atoms with Gasteiger partial charge in [0.15, 0.2) is 0 Å². The molecule has 3 rings (SSSR count). The Hall–Kier alpha value is -1.68. The number of aryl methyl sites for hydroxylation is 1. The number of carboxylic acid groups (broad SMARTS) is 1. The van der Waals surface area contributed by atoms with Gasteiger partial charge in [-0.3, -0.25) is 4.79 Å². The van der Waals surface area contributed by atoms with E-state index in [1.807, 2.05) is 0 Å². The first kappa shape index (κ1) is 13.3. The van der Waals surface area contributed by atoms with Crippen LogP contribution in [0, 0.1) is 0 Å². The van der Waals surface area contributed by atoms with Crippen molar-refractivity contribution in [1.29, 1.82) is 0 Å². The molecule has 0 atom stereocenters. The van der Waals surface area contributed by atoms with Crippen molar-refractivity contribution in [2.24, 2.45) is 0 Å². The minimum absolute atomic E-state index is 0.0938. The van der Waals surface area contributed by atoms with Crippen LogP contribution in [0.1, 0.15) is 41.8 Å². The molecule has 1 aromatic heterocycles. The van der Waals surface area contributed by atoms with Crippen molar-refractivity contribution in [3.63, 3.8) is 0 Å².